The smallest absolute Gasteiger partial charge is 0.293 e. The summed E-state index contributed by atoms with van der Waals surface area (Å²) in [7, 11) is 0. The van der Waals surface area contributed by atoms with Crippen molar-refractivity contribution in [1.29, 1.82) is 5.26 Å². The highest BCUT2D eigenvalue weighted by molar-refractivity contribution is 8.22. The van der Waals surface area contributed by atoms with Crippen molar-refractivity contribution in [3.8, 4) is 6.07 Å². The van der Waals surface area contributed by atoms with E-state index in [4.69, 9.17) is 0 Å². The fourth-order valence-electron chi connectivity index (χ4n) is 3.34. The fraction of sp³-hybridized carbons (Fsp3) is 0.0741. The predicted molar refractivity (Wildman–Crippen MR) is 134 cm³/mol. The third kappa shape index (κ3) is 5.28. The highest BCUT2D eigenvalue weighted by atomic mass is 32.2. The van der Waals surface area contributed by atoms with Crippen molar-refractivity contribution in [1.82, 2.24) is 0 Å². The molecule has 3 aromatic carbocycles. The van der Waals surface area contributed by atoms with Gasteiger partial charge in [0.25, 0.3) is 0 Å². The lowest BCUT2D eigenvalue weighted by molar-refractivity contribution is -0.577. The molecule has 4 aromatic rings. The van der Waals surface area contributed by atoms with E-state index in [2.05, 4.69) is 36.4 Å². The predicted octanol–water partition coefficient (Wildman–Crippen LogP) is 6.33. The Morgan fingerprint density at radius 2 is 1.50 bits per heavy atom. The molecule has 0 aliphatic carbocycles. The number of thioether (sulfide) groups is 2. The van der Waals surface area contributed by atoms with Crippen LogP contribution in [0.3, 0.4) is 0 Å². The van der Waals surface area contributed by atoms with Gasteiger partial charge in [0, 0.05) is 23.4 Å². The van der Waals surface area contributed by atoms with E-state index in [1.165, 1.54) is 28.1 Å². The number of carbonyl (C=O) groups excluding carboxylic acids is 1. The third-order valence-electron chi connectivity index (χ3n) is 4.94. The number of aromatic nitrogens is 1. The molecule has 1 aromatic heterocycles. The van der Waals surface area contributed by atoms with Crippen LogP contribution >= 0.6 is 23.5 Å². The van der Waals surface area contributed by atoms with E-state index in [1.54, 1.807) is 11.8 Å². The first-order valence-corrected chi connectivity index (χ1v) is 12.1. The number of Topliss-reactive ketones (excluding diaryl/α,β-unsaturated/α-hetero) is 1. The van der Waals surface area contributed by atoms with E-state index < -0.39 is 0 Å². The van der Waals surface area contributed by atoms with Crippen LogP contribution < -0.4 is 4.57 Å². The van der Waals surface area contributed by atoms with Gasteiger partial charge < -0.3 is 0 Å². The van der Waals surface area contributed by atoms with Gasteiger partial charge in [-0.1, -0.05) is 78.9 Å². The Hall–Kier alpha value is -3.33. The number of hydrogen-bond acceptors (Lipinski definition) is 4. The molecular weight excluding hydrogens is 432 g/mol. The van der Waals surface area contributed by atoms with Crippen molar-refractivity contribution in [2.24, 2.45) is 0 Å². The first-order valence-electron chi connectivity index (χ1n) is 10.2. The molecule has 1 heterocycles. The second-order valence-electron chi connectivity index (χ2n) is 7.04. The van der Waals surface area contributed by atoms with Crippen LogP contribution in [0.5, 0.6) is 0 Å². The van der Waals surface area contributed by atoms with Crippen LogP contribution in [0.1, 0.15) is 15.9 Å². The summed E-state index contributed by atoms with van der Waals surface area (Å²) in [6.45, 7) is 0. The average molecular weight is 454 g/mol. The molecule has 156 valence electrons. The Kier molecular flexibility index (Phi) is 7.39. The van der Waals surface area contributed by atoms with Crippen LogP contribution in [0.4, 0.5) is 0 Å². The second kappa shape index (κ2) is 10.8. The van der Waals surface area contributed by atoms with Gasteiger partial charge in [-0.05, 0) is 16.3 Å². The van der Waals surface area contributed by atoms with Gasteiger partial charge in [-0.3, -0.25) is 4.79 Å². The van der Waals surface area contributed by atoms with E-state index >= 15 is 0 Å². The Bertz CT molecular complexity index is 1290. The van der Waals surface area contributed by atoms with Crippen molar-refractivity contribution in [2.75, 3.05) is 5.75 Å². The van der Waals surface area contributed by atoms with Crippen molar-refractivity contribution < 1.29 is 9.36 Å². The van der Waals surface area contributed by atoms with Gasteiger partial charge >= 0.3 is 5.70 Å². The molecule has 0 unspecified atom stereocenters. The molecule has 0 atom stereocenters. The maximum Gasteiger partial charge on any atom is 0.308 e. The van der Waals surface area contributed by atoms with Gasteiger partial charge in [0.1, 0.15) is 4.24 Å². The highest BCUT2D eigenvalue weighted by Gasteiger charge is 2.20. The topological polar surface area (TPSA) is 44.7 Å². The molecule has 3 nitrogen and oxygen atoms in total. The summed E-state index contributed by atoms with van der Waals surface area (Å²) in [5, 5.41) is 12.4. The van der Waals surface area contributed by atoms with Gasteiger partial charge in [0.2, 0.25) is 0 Å². The van der Waals surface area contributed by atoms with Crippen molar-refractivity contribution in [3.63, 3.8) is 0 Å². The summed E-state index contributed by atoms with van der Waals surface area (Å²) in [6, 6.07) is 31.9. The maximum atomic E-state index is 12.7. The molecule has 0 amide bonds. The number of nitrogens with zero attached hydrogens (tertiary/aromatic N) is 2. The third-order valence-corrected chi connectivity index (χ3v) is 7.42. The summed E-state index contributed by atoms with van der Waals surface area (Å²) in [6.07, 6.45) is 3.72. The van der Waals surface area contributed by atoms with Crippen LogP contribution in [-0.4, -0.2) is 11.5 Å². The van der Waals surface area contributed by atoms with Gasteiger partial charge in [0.15, 0.2) is 24.2 Å². The zero-order valence-electron chi connectivity index (χ0n) is 17.3. The molecule has 0 aliphatic rings. The van der Waals surface area contributed by atoms with Crippen LogP contribution in [0.25, 0.3) is 16.5 Å². The molecule has 0 aliphatic heterocycles. The number of ketones is 1. The molecular formula is C27H21N2OS2+. The van der Waals surface area contributed by atoms with Crippen LogP contribution in [0.2, 0.25) is 0 Å². The van der Waals surface area contributed by atoms with Crippen molar-refractivity contribution in [3.05, 3.63) is 119 Å². The maximum absolute atomic E-state index is 12.7. The molecule has 5 heteroatoms. The number of allylic oxidation sites excluding steroid dienone is 1. The number of benzene rings is 3. The minimum absolute atomic E-state index is 0.0502. The van der Waals surface area contributed by atoms with Gasteiger partial charge in [-0.15, -0.1) is 23.5 Å². The average Bonchev–Trinajstić information content (AvgIpc) is 2.86. The van der Waals surface area contributed by atoms with Crippen LogP contribution in [-0.2, 0) is 5.75 Å². The highest BCUT2D eigenvalue weighted by Crippen LogP contribution is 2.36. The Morgan fingerprint density at radius 1 is 0.812 bits per heavy atom. The fourth-order valence-corrected chi connectivity index (χ4v) is 5.56. The Morgan fingerprint density at radius 3 is 2.28 bits per heavy atom. The quantitative estimate of drug-likeness (QED) is 0.178. The normalized spacial score (nSPS) is 11.6. The van der Waals surface area contributed by atoms with Crippen LogP contribution in [0, 0.1) is 11.3 Å². The lowest BCUT2D eigenvalue weighted by Crippen LogP contribution is -2.31. The van der Waals surface area contributed by atoms with Gasteiger partial charge in [0.05, 0.1) is 5.75 Å². The number of hydrogen-bond donors (Lipinski definition) is 0. The zero-order valence-corrected chi connectivity index (χ0v) is 19.0. The minimum Gasteiger partial charge on any atom is -0.293 e. The van der Waals surface area contributed by atoms with Gasteiger partial charge in [-0.25, -0.2) is 0 Å². The SMILES string of the molecule is N#C/C(=C(/SCC(=O)c1ccccc1)SCc1cccc2ccccc12)[n+]1ccccc1. The number of carbonyl (C=O) groups is 1. The number of nitriles is 1. The lowest BCUT2D eigenvalue weighted by Gasteiger charge is -2.09. The second-order valence-corrected chi connectivity index (χ2v) is 9.27. The Balaban J connectivity index is 1.62. The summed E-state index contributed by atoms with van der Waals surface area (Å²) in [5.41, 5.74) is 2.42. The molecule has 0 radical (unpaired) electrons. The van der Waals surface area contributed by atoms with E-state index in [-0.39, 0.29) is 11.5 Å². The minimum atomic E-state index is 0.0502. The summed E-state index contributed by atoms with van der Waals surface area (Å²) < 4.78 is 2.65. The summed E-state index contributed by atoms with van der Waals surface area (Å²) in [4.78, 5) is 12.7. The number of fused-ring (bicyclic) bond motifs is 1. The monoisotopic (exact) mass is 453 g/mol. The van der Waals surface area contributed by atoms with Crippen molar-refractivity contribution in [2.45, 2.75) is 5.75 Å². The standard InChI is InChI=1S/C27H21N2OS2/c28-18-25(29-16-7-2-8-17-29)27(32-20-26(30)22-11-3-1-4-12-22)31-19-23-14-9-13-21-10-5-6-15-24(21)23/h1-17H,19-20H2/q+1/b27-25-. The molecule has 0 fully saturated rings. The molecule has 0 bridgehead atoms. The number of rotatable bonds is 8. The van der Waals surface area contributed by atoms with E-state index in [0.29, 0.717) is 17.0 Å². The molecule has 0 N–H and O–H groups in total. The molecule has 32 heavy (non-hydrogen) atoms. The summed E-state index contributed by atoms with van der Waals surface area (Å²) >= 11 is 3.03. The lowest BCUT2D eigenvalue weighted by atomic mass is 10.1. The zero-order chi connectivity index (χ0) is 22.2. The van der Waals surface area contributed by atoms with E-state index in [9.17, 15) is 10.1 Å². The first kappa shape index (κ1) is 21.9. The van der Waals surface area contributed by atoms with Crippen LogP contribution in [0.15, 0.2) is 108 Å². The Labute approximate surface area is 196 Å². The number of pyridine rings is 1. The molecule has 0 saturated carbocycles. The largest absolute Gasteiger partial charge is 0.308 e. The first-order chi connectivity index (χ1) is 15.8. The van der Waals surface area contributed by atoms with Gasteiger partial charge in [-0.2, -0.15) is 9.83 Å². The van der Waals surface area contributed by atoms with Crippen molar-refractivity contribution >= 4 is 45.8 Å². The molecule has 0 spiro atoms. The molecule has 0 saturated heterocycles. The van der Waals surface area contributed by atoms with E-state index in [1.807, 2.05) is 77.6 Å². The van der Waals surface area contributed by atoms with E-state index in [0.717, 1.165) is 4.24 Å². The summed E-state index contributed by atoms with van der Waals surface area (Å²) in [5.74, 6) is 1.04. The molecule has 4 rings (SSSR count).